The van der Waals surface area contributed by atoms with E-state index < -0.39 is 5.54 Å². The van der Waals surface area contributed by atoms with Crippen LogP contribution in [-0.4, -0.2) is 29.8 Å². The zero-order chi connectivity index (χ0) is 23.2. The molecule has 3 unspecified atom stereocenters. The summed E-state index contributed by atoms with van der Waals surface area (Å²) < 4.78 is 6.00. The van der Waals surface area contributed by atoms with Gasteiger partial charge in [-0.2, -0.15) is 0 Å². The second-order valence-corrected chi connectivity index (χ2v) is 11.4. The fourth-order valence-corrected chi connectivity index (χ4v) is 7.52. The highest BCUT2D eigenvalue weighted by Crippen LogP contribution is 2.63. The minimum absolute atomic E-state index is 0.0265. The Labute approximate surface area is 203 Å². The maximum absolute atomic E-state index is 14.5. The third-order valence-electron chi connectivity index (χ3n) is 8.70. The zero-order valence-corrected chi connectivity index (χ0v) is 21.4. The number of fused-ring (bicyclic) bond motifs is 3. The van der Waals surface area contributed by atoms with Crippen LogP contribution in [0.1, 0.15) is 82.4 Å². The number of nitrogens with zero attached hydrogens (tertiary/aromatic N) is 1. The van der Waals surface area contributed by atoms with Gasteiger partial charge in [0.15, 0.2) is 11.3 Å². The maximum Gasteiger partial charge on any atom is 0.169 e. The minimum atomic E-state index is -0.762. The summed E-state index contributed by atoms with van der Waals surface area (Å²) in [7, 11) is 0. The van der Waals surface area contributed by atoms with Crippen molar-refractivity contribution in [3.8, 4) is 11.8 Å². The van der Waals surface area contributed by atoms with Crippen molar-refractivity contribution < 1.29 is 9.53 Å². The van der Waals surface area contributed by atoms with Crippen molar-refractivity contribution in [2.24, 2.45) is 28.2 Å². The molecule has 4 aliphatic rings. The topological polar surface area (TPSA) is 38.7 Å². The average Bonchev–Trinajstić information content (AvgIpc) is 3.61. The molecule has 176 valence electrons. The molecule has 1 heterocycles. The van der Waals surface area contributed by atoms with Crippen molar-refractivity contribution in [3.63, 3.8) is 0 Å². The molecule has 3 atom stereocenters. The first-order chi connectivity index (χ1) is 16.0. The number of rotatable bonds is 3. The number of Topliss-reactive ketones (excluding diaryl/α,β-unsaturated/α-hetero) is 1. The Kier molecular flexibility index (Phi) is 6.25. The Balaban J connectivity index is 1.66. The van der Waals surface area contributed by atoms with Gasteiger partial charge >= 0.3 is 0 Å². The lowest BCUT2D eigenvalue weighted by Crippen LogP contribution is -2.56. The summed E-state index contributed by atoms with van der Waals surface area (Å²) in [6.45, 7) is 7.20. The van der Waals surface area contributed by atoms with Crippen LogP contribution in [0.15, 0.2) is 23.2 Å². The normalized spacial score (nSPS) is 35.3. The summed E-state index contributed by atoms with van der Waals surface area (Å²) >= 11 is 1.74. The van der Waals surface area contributed by atoms with Gasteiger partial charge in [0.25, 0.3) is 0 Å². The molecule has 33 heavy (non-hydrogen) atoms. The minimum Gasteiger partial charge on any atom is -0.379 e. The van der Waals surface area contributed by atoms with Crippen LogP contribution >= 0.6 is 11.8 Å². The number of carbonyl (C=O) groups is 1. The molecule has 3 aliphatic carbocycles. The second-order valence-electron chi connectivity index (χ2n) is 10.6. The molecule has 0 N–H and O–H groups in total. The molecule has 0 aromatic heterocycles. The van der Waals surface area contributed by atoms with E-state index in [-0.39, 0.29) is 17.3 Å². The summed E-state index contributed by atoms with van der Waals surface area (Å²) in [5, 5.41) is 1.15. The molecular formula is C29H37NO2S. The van der Waals surface area contributed by atoms with Gasteiger partial charge in [-0.25, -0.2) is 0 Å². The Bertz CT molecular complexity index is 1020. The van der Waals surface area contributed by atoms with Crippen LogP contribution < -0.4 is 0 Å². The van der Waals surface area contributed by atoms with E-state index in [1.165, 1.54) is 18.4 Å². The van der Waals surface area contributed by atoms with E-state index in [9.17, 15) is 4.79 Å². The van der Waals surface area contributed by atoms with Crippen LogP contribution in [0.4, 0.5) is 0 Å². The Morgan fingerprint density at radius 1 is 1.18 bits per heavy atom. The Morgan fingerprint density at radius 3 is 2.58 bits per heavy atom. The summed E-state index contributed by atoms with van der Waals surface area (Å²) in [5.74, 6) is 7.97. The third-order valence-corrected chi connectivity index (χ3v) is 9.58. The fraction of sp³-hybridized carbons (Fsp3) is 0.655. The van der Waals surface area contributed by atoms with Crippen LogP contribution in [0.2, 0.25) is 0 Å². The highest BCUT2D eigenvalue weighted by atomic mass is 32.2. The number of hydrogen-bond acceptors (Lipinski definition) is 4. The molecular weight excluding hydrogens is 426 g/mol. The maximum atomic E-state index is 14.5. The van der Waals surface area contributed by atoms with Gasteiger partial charge in [0.05, 0.1) is 11.1 Å². The highest BCUT2D eigenvalue weighted by molar-refractivity contribution is 8.13. The van der Waals surface area contributed by atoms with Crippen molar-refractivity contribution in [3.05, 3.63) is 34.9 Å². The van der Waals surface area contributed by atoms with E-state index in [1.54, 1.807) is 11.8 Å². The summed E-state index contributed by atoms with van der Waals surface area (Å²) in [5.41, 5.74) is 2.60. The quantitative estimate of drug-likeness (QED) is 0.503. The fourth-order valence-electron chi connectivity index (χ4n) is 6.75. The van der Waals surface area contributed by atoms with Crippen LogP contribution in [0.25, 0.3) is 0 Å². The number of ketones is 1. The number of benzene rings is 1. The number of hydrogen-bond donors (Lipinski definition) is 0. The van der Waals surface area contributed by atoms with Crippen molar-refractivity contribution in [1.82, 2.24) is 0 Å². The zero-order valence-electron chi connectivity index (χ0n) is 20.6. The Morgan fingerprint density at radius 2 is 1.94 bits per heavy atom. The number of thioether (sulfide) groups is 1. The smallest absolute Gasteiger partial charge is 0.169 e. The summed E-state index contributed by atoms with van der Waals surface area (Å²) in [4.78, 5) is 20.0. The number of aliphatic imine (C=N–C) groups is 1. The van der Waals surface area contributed by atoms with Gasteiger partial charge in [0, 0.05) is 35.3 Å². The monoisotopic (exact) mass is 463 g/mol. The van der Waals surface area contributed by atoms with Crippen LogP contribution in [0.5, 0.6) is 0 Å². The van der Waals surface area contributed by atoms with E-state index in [0.717, 1.165) is 61.3 Å². The molecule has 2 fully saturated rings. The molecule has 0 saturated heterocycles. The lowest BCUT2D eigenvalue weighted by atomic mass is 9.57. The first-order valence-electron chi connectivity index (χ1n) is 12.9. The van der Waals surface area contributed by atoms with Gasteiger partial charge < -0.3 is 4.74 Å². The molecule has 0 amide bonds. The van der Waals surface area contributed by atoms with Crippen LogP contribution in [0, 0.1) is 35.0 Å². The van der Waals surface area contributed by atoms with Crippen molar-refractivity contribution in [2.45, 2.75) is 83.8 Å². The van der Waals surface area contributed by atoms with Crippen molar-refractivity contribution in [1.29, 1.82) is 0 Å². The second kappa shape index (κ2) is 8.90. The molecule has 1 aromatic carbocycles. The molecule has 1 aromatic rings. The van der Waals surface area contributed by atoms with E-state index in [2.05, 4.69) is 57.1 Å². The van der Waals surface area contributed by atoms with Gasteiger partial charge in [-0.15, -0.1) is 11.8 Å². The van der Waals surface area contributed by atoms with Gasteiger partial charge in [-0.3, -0.25) is 9.79 Å². The number of ether oxygens (including phenoxy) is 1. The summed E-state index contributed by atoms with van der Waals surface area (Å²) in [6.07, 6.45) is 10.7. The predicted octanol–water partition coefficient (Wildman–Crippen LogP) is 6.17. The molecule has 1 aliphatic heterocycles. The molecule has 0 bridgehead atoms. The summed E-state index contributed by atoms with van der Waals surface area (Å²) in [6, 6.07) is 6.65. The lowest BCUT2D eigenvalue weighted by Gasteiger charge is -2.51. The Hall–Kier alpha value is -1.57. The van der Waals surface area contributed by atoms with Crippen LogP contribution in [0.3, 0.4) is 0 Å². The highest BCUT2D eigenvalue weighted by Gasteiger charge is 2.65. The molecule has 2 spiro atoms. The molecule has 3 nitrogen and oxygen atoms in total. The molecule has 4 heteroatoms. The predicted molar refractivity (Wildman–Crippen MR) is 137 cm³/mol. The number of carbonyl (C=O) groups excluding carboxylic acids is 1. The molecule has 2 saturated carbocycles. The van der Waals surface area contributed by atoms with E-state index in [0.29, 0.717) is 17.8 Å². The van der Waals surface area contributed by atoms with Crippen LogP contribution in [-0.2, 0) is 21.5 Å². The molecule has 0 radical (unpaired) electrons. The van der Waals surface area contributed by atoms with E-state index in [4.69, 9.17) is 9.73 Å². The van der Waals surface area contributed by atoms with E-state index >= 15 is 0 Å². The van der Waals surface area contributed by atoms with Gasteiger partial charge in [-0.1, -0.05) is 31.8 Å². The molecule has 5 rings (SSSR count). The SMILES string of the molecule is CCOC1CCC2(CC1)Cc1ccc(C#CC3CC3)cc1C21N=C(SC)C(C)C(CC)C1=O. The van der Waals surface area contributed by atoms with Gasteiger partial charge in [-0.05, 0) is 87.8 Å². The van der Waals surface area contributed by atoms with Gasteiger partial charge in [0.1, 0.15) is 0 Å². The van der Waals surface area contributed by atoms with E-state index in [1.807, 2.05) is 0 Å². The third kappa shape index (κ3) is 3.71. The average molecular weight is 464 g/mol. The van der Waals surface area contributed by atoms with Crippen molar-refractivity contribution >= 4 is 22.6 Å². The lowest BCUT2D eigenvalue weighted by molar-refractivity contribution is -0.137. The largest absolute Gasteiger partial charge is 0.379 e. The first kappa shape index (κ1) is 23.2. The van der Waals surface area contributed by atoms with Gasteiger partial charge in [0.2, 0.25) is 0 Å². The standard InChI is InChI=1S/C29H37NO2S/c1-5-24-19(3)27(33-4)30-29(26(24)31)25-17-21(10-9-20-7-8-20)11-12-22(25)18-28(29)15-13-23(14-16-28)32-6-2/h11-12,17,19-20,23-24H,5-8,13-16,18H2,1-4H3. The first-order valence-corrected chi connectivity index (χ1v) is 14.1. The van der Waals surface area contributed by atoms with Crippen molar-refractivity contribution in [2.75, 3.05) is 12.9 Å².